The van der Waals surface area contributed by atoms with Gasteiger partial charge in [0, 0.05) is 24.8 Å². The highest BCUT2D eigenvalue weighted by Crippen LogP contribution is 2.23. The van der Waals surface area contributed by atoms with Crippen LogP contribution >= 0.6 is 0 Å². The lowest BCUT2D eigenvalue weighted by atomic mass is 9.98. The van der Waals surface area contributed by atoms with Gasteiger partial charge in [-0.25, -0.2) is 12.7 Å². The Morgan fingerprint density at radius 2 is 1.97 bits per heavy atom. The van der Waals surface area contributed by atoms with Crippen LogP contribution in [0.4, 0.5) is 5.69 Å². The van der Waals surface area contributed by atoms with Crippen molar-refractivity contribution in [1.29, 1.82) is 0 Å². The number of sulfonamides is 1. The molecular formula is C23H30N2O4S. The SMILES string of the molecule is CCOc1cccc(NC(=O)[C@@H]2CCCN(S(=O)(=O)CCCc3ccccc3)C2)c1. The maximum atomic E-state index is 12.8. The van der Waals surface area contributed by atoms with Crippen molar-refractivity contribution in [3.63, 3.8) is 0 Å². The molecule has 0 saturated carbocycles. The second-order valence-electron chi connectivity index (χ2n) is 7.55. The van der Waals surface area contributed by atoms with Crippen LogP contribution in [0.5, 0.6) is 5.75 Å². The summed E-state index contributed by atoms with van der Waals surface area (Å²) in [4.78, 5) is 12.7. The molecule has 2 aromatic rings. The van der Waals surface area contributed by atoms with Crippen molar-refractivity contribution in [3.05, 3.63) is 60.2 Å². The van der Waals surface area contributed by atoms with Gasteiger partial charge in [-0.1, -0.05) is 36.4 Å². The Hall–Kier alpha value is -2.38. The minimum Gasteiger partial charge on any atom is -0.494 e. The first kappa shape index (κ1) is 22.3. The van der Waals surface area contributed by atoms with Gasteiger partial charge < -0.3 is 10.1 Å². The Kier molecular flexibility index (Phi) is 7.87. The molecule has 0 unspecified atom stereocenters. The Morgan fingerprint density at radius 3 is 2.73 bits per heavy atom. The number of anilines is 1. The van der Waals surface area contributed by atoms with E-state index in [2.05, 4.69) is 5.32 Å². The standard InChI is InChI=1S/C23H30N2O4S/c1-2-29-22-14-6-13-21(17-22)24-23(26)20-12-7-15-25(18-20)30(27,28)16-8-11-19-9-4-3-5-10-19/h3-6,9-10,13-14,17,20H,2,7-8,11-12,15-16,18H2,1H3,(H,24,26)/t20-/m1/s1. The van der Waals surface area contributed by atoms with Crippen LogP contribution in [0, 0.1) is 5.92 Å². The van der Waals surface area contributed by atoms with Crippen molar-refractivity contribution in [3.8, 4) is 5.75 Å². The van der Waals surface area contributed by atoms with Crippen molar-refractivity contribution in [2.24, 2.45) is 5.92 Å². The topological polar surface area (TPSA) is 75.7 Å². The smallest absolute Gasteiger partial charge is 0.228 e. The zero-order valence-electron chi connectivity index (χ0n) is 17.4. The number of nitrogens with zero attached hydrogens (tertiary/aromatic N) is 1. The van der Waals surface area contributed by atoms with E-state index in [-0.39, 0.29) is 24.1 Å². The third-order valence-corrected chi connectivity index (χ3v) is 7.19. The third-order valence-electron chi connectivity index (χ3n) is 5.27. The molecule has 0 aromatic heterocycles. The predicted molar refractivity (Wildman–Crippen MR) is 119 cm³/mol. The molecule has 162 valence electrons. The first-order chi connectivity index (χ1) is 14.5. The zero-order valence-corrected chi connectivity index (χ0v) is 18.2. The normalized spacial score (nSPS) is 17.4. The van der Waals surface area contributed by atoms with Gasteiger partial charge in [0.1, 0.15) is 5.75 Å². The minimum absolute atomic E-state index is 0.104. The molecule has 7 heteroatoms. The highest BCUT2D eigenvalue weighted by molar-refractivity contribution is 7.89. The Labute approximate surface area is 179 Å². The Bertz CT molecular complexity index is 931. The van der Waals surface area contributed by atoms with Gasteiger partial charge >= 0.3 is 0 Å². The minimum atomic E-state index is -3.37. The molecule has 1 aliphatic heterocycles. The second-order valence-corrected chi connectivity index (χ2v) is 9.64. The Balaban J connectivity index is 1.54. The second kappa shape index (κ2) is 10.6. The summed E-state index contributed by atoms with van der Waals surface area (Å²) in [5.41, 5.74) is 1.80. The number of rotatable bonds is 9. The van der Waals surface area contributed by atoms with Crippen molar-refractivity contribution in [2.45, 2.75) is 32.6 Å². The van der Waals surface area contributed by atoms with E-state index >= 15 is 0 Å². The number of aryl methyl sites for hydroxylation is 1. The van der Waals surface area contributed by atoms with Crippen LogP contribution in [0.15, 0.2) is 54.6 Å². The van der Waals surface area contributed by atoms with Crippen molar-refractivity contribution in [2.75, 3.05) is 30.8 Å². The fourth-order valence-electron chi connectivity index (χ4n) is 3.72. The molecule has 1 fully saturated rings. The van der Waals surface area contributed by atoms with E-state index in [0.29, 0.717) is 43.9 Å². The van der Waals surface area contributed by atoms with Crippen LogP contribution in [-0.2, 0) is 21.2 Å². The summed E-state index contributed by atoms with van der Waals surface area (Å²) >= 11 is 0. The fourth-order valence-corrected chi connectivity index (χ4v) is 5.30. The number of carbonyl (C=O) groups excluding carboxylic acids is 1. The van der Waals surface area contributed by atoms with Crippen LogP contribution < -0.4 is 10.1 Å². The number of hydrogen-bond acceptors (Lipinski definition) is 4. The average molecular weight is 431 g/mol. The largest absolute Gasteiger partial charge is 0.494 e. The molecule has 1 atom stereocenters. The molecule has 1 amide bonds. The van der Waals surface area contributed by atoms with E-state index in [1.54, 1.807) is 12.1 Å². The maximum absolute atomic E-state index is 12.8. The van der Waals surface area contributed by atoms with Crippen LogP contribution in [0.2, 0.25) is 0 Å². The van der Waals surface area contributed by atoms with Crippen molar-refractivity contribution < 1.29 is 17.9 Å². The van der Waals surface area contributed by atoms with Gasteiger partial charge in [0.15, 0.2) is 0 Å². The highest BCUT2D eigenvalue weighted by Gasteiger charge is 2.32. The number of hydrogen-bond donors (Lipinski definition) is 1. The van der Waals surface area contributed by atoms with Gasteiger partial charge in [-0.05, 0) is 50.3 Å². The molecule has 3 rings (SSSR count). The molecule has 0 aliphatic carbocycles. The number of piperidine rings is 1. The van der Waals surface area contributed by atoms with Gasteiger partial charge in [0.2, 0.25) is 15.9 Å². The summed E-state index contributed by atoms with van der Waals surface area (Å²) in [6, 6.07) is 17.1. The van der Waals surface area contributed by atoms with E-state index in [0.717, 1.165) is 12.0 Å². The number of amides is 1. The van der Waals surface area contributed by atoms with Crippen LogP contribution in [0.1, 0.15) is 31.7 Å². The van der Waals surface area contributed by atoms with Crippen molar-refractivity contribution in [1.82, 2.24) is 4.31 Å². The summed E-state index contributed by atoms with van der Waals surface area (Å²) in [7, 11) is -3.37. The van der Waals surface area contributed by atoms with E-state index in [9.17, 15) is 13.2 Å². The van der Waals surface area contributed by atoms with Gasteiger partial charge in [-0.2, -0.15) is 0 Å². The molecule has 1 N–H and O–H groups in total. The van der Waals surface area contributed by atoms with E-state index in [1.807, 2.05) is 49.4 Å². The third kappa shape index (κ3) is 6.31. The van der Waals surface area contributed by atoms with Crippen molar-refractivity contribution >= 4 is 21.6 Å². The van der Waals surface area contributed by atoms with Gasteiger partial charge in [-0.15, -0.1) is 0 Å². The van der Waals surface area contributed by atoms with E-state index < -0.39 is 10.0 Å². The highest BCUT2D eigenvalue weighted by atomic mass is 32.2. The molecular weight excluding hydrogens is 400 g/mol. The molecule has 1 saturated heterocycles. The molecule has 2 aromatic carbocycles. The molecule has 6 nitrogen and oxygen atoms in total. The first-order valence-corrected chi connectivity index (χ1v) is 12.1. The lowest BCUT2D eigenvalue weighted by Gasteiger charge is -2.31. The molecule has 0 bridgehead atoms. The summed E-state index contributed by atoms with van der Waals surface area (Å²) in [6.45, 7) is 3.18. The summed E-state index contributed by atoms with van der Waals surface area (Å²) < 4.78 is 32.5. The summed E-state index contributed by atoms with van der Waals surface area (Å²) in [5, 5.41) is 2.91. The first-order valence-electron chi connectivity index (χ1n) is 10.5. The fraction of sp³-hybridized carbons (Fsp3) is 0.435. The lowest BCUT2D eigenvalue weighted by Crippen LogP contribution is -2.44. The average Bonchev–Trinajstić information content (AvgIpc) is 2.75. The van der Waals surface area contributed by atoms with E-state index in [4.69, 9.17) is 4.74 Å². The number of carbonyl (C=O) groups is 1. The molecule has 0 spiro atoms. The van der Waals surface area contributed by atoms with E-state index in [1.165, 1.54) is 4.31 Å². The monoisotopic (exact) mass is 430 g/mol. The van der Waals surface area contributed by atoms with Crippen LogP contribution in [-0.4, -0.2) is 44.1 Å². The van der Waals surface area contributed by atoms with Gasteiger partial charge in [0.25, 0.3) is 0 Å². The zero-order chi connectivity index (χ0) is 21.4. The Morgan fingerprint density at radius 1 is 1.17 bits per heavy atom. The van der Waals surface area contributed by atoms with Gasteiger partial charge in [-0.3, -0.25) is 4.79 Å². The quantitative estimate of drug-likeness (QED) is 0.658. The summed E-state index contributed by atoms with van der Waals surface area (Å²) in [6.07, 6.45) is 2.68. The number of nitrogens with one attached hydrogen (secondary N) is 1. The number of ether oxygens (including phenoxy) is 1. The predicted octanol–water partition coefficient (Wildman–Crippen LogP) is 3.70. The molecule has 1 heterocycles. The number of benzene rings is 2. The summed E-state index contributed by atoms with van der Waals surface area (Å²) in [5.74, 6) is 0.305. The van der Waals surface area contributed by atoms with Crippen LogP contribution in [0.25, 0.3) is 0 Å². The molecule has 1 aliphatic rings. The molecule has 0 radical (unpaired) electrons. The maximum Gasteiger partial charge on any atom is 0.228 e. The lowest BCUT2D eigenvalue weighted by molar-refractivity contribution is -0.120. The van der Waals surface area contributed by atoms with Crippen LogP contribution in [0.3, 0.4) is 0 Å². The molecule has 30 heavy (non-hydrogen) atoms. The van der Waals surface area contributed by atoms with Gasteiger partial charge in [0.05, 0.1) is 18.3 Å².